The van der Waals surface area contributed by atoms with Gasteiger partial charge in [-0.1, -0.05) is 0 Å². The van der Waals surface area contributed by atoms with E-state index in [2.05, 4.69) is 10.6 Å². The van der Waals surface area contributed by atoms with E-state index in [-0.39, 0.29) is 11.9 Å². The van der Waals surface area contributed by atoms with Gasteiger partial charge < -0.3 is 10.6 Å². The van der Waals surface area contributed by atoms with E-state index in [9.17, 15) is 4.79 Å². The molecular formula is C7H15N3O. The Morgan fingerprint density at radius 3 is 3.09 bits per heavy atom. The zero-order valence-corrected chi connectivity index (χ0v) is 7.05. The van der Waals surface area contributed by atoms with Crippen molar-refractivity contribution < 1.29 is 4.79 Å². The Kier molecular flexibility index (Phi) is 2.84. The molecule has 2 N–H and O–H groups in total. The topological polar surface area (TPSA) is 44.4 Å². The second kappa shape index (κ2) is 3.69. The molecule has 1 rings (SSSR count). The Balaban J connectivity index is 2.36. The highest BCUT2D eigenvalue weighted by molar-refractivity contribution is 5.79. The number of likely N-dealkylation sites (N-methyl/N-ethyl adjacent to an activating group) is 2. The highest BCUT2D eigenvalue weighted by Crippen LogP contribution is 1.95. The number of amides is 1. The molecule has 0 aliphatic carbocycles. The molecule has 1 unspecified atom stereocenters. The van der Waals surface area contributed by atoms with Crippen molar-refractivity contribution in [2.24, 2.45) is 0 Å². The van der Waals surface area contributed by atoms with Crippen LogP contribution in [0, 0.1) is 0 Å². The number of hydrogen-bond acceptors (Lipinski definition) is 3. The summed E-state index contributed by atoms with van der Waals surface area (Å²) in [6, 6.07) is 0.270. The van der Waals surface area contributed by atoms with Gasteiger partial charge in [0.25, 0.3) is 0 Å². The highest BCUT2D eigenvalue weighted by atomic mass is 16.2. The van der Waals surface area contributed by atoms with E-state index in [0.717, 1.165) is 13.1 Å². The molecule has 0 spiro atoms. The molecule has 1 atom stereocenters. The summed E-state index contributed by atoms with van der Waals surface area (Å²) in [4.78, 5) is 13.0. The Bertz CT molecular complexity index is 149. The van der Waals surface area contributed by atoms with Crippen LogP contribution >= 0.6 is 0 Å². The van der Waals surface area contributed by atoms with Crippen molar-refractivity contribution in [3.8, 4) is 0 Å². The molecule has 0 radical (unpaired) electrons. The van der Waals surface area contributed by atoms with E-state index < -0.39 is 0 Å². The first-order valence-electron chi connectivity index (χ1n) is 3.85. The summed E-state index contributed by atoms with van der Waals surface area (Å²) in [6.45, 7) is 2.31. The second-order valence-electron chi connectivity index (χ2n) is 3.02. The van der Waals surface area contributed by atoms with Crippen LogP contribution in [0.25, 0.3) is 0 Å². The van der Waals surface area contributed by atoms with Crippen LogP contribution in [-0.4, -0.2) is 50.6 Å². The number of rotatable bonds is 2. The lowest BCUT2D eigenvalue weighted by Crippen LogP contribution is -2.55. The molecule has 1 heterocycles. The molecular weight excluding hydrogens is 142 g/mol. The predicted octanol–water partition coefficient (Wildman–Crippen LogP) is -1.36. The molecule has 1 saturated heterocycles. The molecule has 0 aromatic heterocycles. The molecule has 1 amide bonds. The fourth-order valence-corrected chi connectivity index (χ4v) is 1.37. The lowest BCUT2D eigenvalue weighted by Gasteiger charge is -2.29. The standard InChI is InChI=1S/C7H15N3O/c1-8-3-6-4-10(2)5-7(11)9-6/h6,8H,3-5H2,1-2H3,(H,9,11). The van der Waals surface area contributed by atoms with Gasteiger partial charge in [-0.3, -0.25) is 9.69 Å². The third kappa shape index (κ3) is 2.48. The molecule has 0 bridgehead atoms. The Morgan fingerprint density at radius 2 is 2.55 bits per heavy atom. The van der Waals surface area contributed by atoms with Gasteiger partial charge in [-0.15, -0.1) is 0 Å². The van der Waals surface area contributed by atoms with E-state index in [0.29, 0.717) is 6.54 Å². The molecule has 4 heteroatoms. The number of hydrogen-bond donors (Lipinski definition) is 2. The van der Waals surface area contributed by atoms with E-state index in [1.54, 1.807) is 0 Å². The van der Waals surface area contributed by atoms with Crippen LogP contribution in [0.4, 0.5) is 0 Å². The summed E-state index contributed by atoms with van der Waals surface area (Å²) < 4.78 is 0. The number of nitrogens with one attached hydrogen (secondary N) is 2. The smallest absolute Gasteiger partial charge is 0.234 e. The summed E-state index contributed by atoms with van der Waals surface area (Å²) in [5.74, 6) is 0.124. The van der Waals surface area contributed by atoms with E-state index >= 15 is 0 Å². The number of piperazine rings is 1. The Hall–Kier alpha value is -0.610. The van der Waals surface area contributed by atoms with Crippen molar-refractivity contribution in [2.45, 2.75) is 6.04 Å². The fourth-order valence-electron chi connectivity index (χ4n) is 1.37. The third-order valence-corrected chi connectivity index (χ3v) is 1.76. The zero-order chi connectivity index (χ0) is 8.27. The molecule has 11 heavy (non-hydrogen) atoms. The molecule has 1 aliphatic rings. The van der Waals surface area contributed by atoms with Gasteiger partial charge in [-0.05, 0) is 14.1 Å². The van der Waals surface area contributed by atoms with Gasteiger partial charge in [-0.25, -0.2) is 0 Å². The Morgan fingerprint density at radius 1 is 1.82 bits per heavy atom. The third-order valence-electron chi connectivity index (χ3n) is 1.76. The van der Waals surface area contributed by atoms with Gasteiger partial charge in [0.15, 0.2) is 0 Å². The van der Waals surface area contributed by atoms with Crippen LogP contribution in [0.15, 0.2) is 0 Å². The average molecular weight is 157 g/mol. The van der Waals surface area contributed by atoms with Crippen LogP contribution in [-0.2, 0) is 4.79 Å². The first-order valence-corrected chi connectivity index (χ1v) is 3.85. The van der Waals surface area contributed by atoms with Gasteiger partial charge in [0.2, 0.25) is 5.91 Å². The van der Waals surface area contributed by atoms with Crippen molar-refractivity contribution in [1.29, 1.82) is 0 Å². The van der Waals surface area contributed by atoms with Gasteiger partial charge in [-0.2, -0.15) is 0 Å². The largest absolute Gasteiger partial charge is 0.350 e. The van der Waals surface area contributed by atoms with Crippen LogP contribution in [0.3, 0.4) is 0 Å². The van der Waals surface area contributed by atoms with E-state index in [1.165, 1.54) is 0 Å². The molecule has 4 nitrogen and oxygen atoms in total. The first-order chi connectivity index (χ1) is 5.22. The van der Waals surface area contributed by atoms with Crippen molar-refractivity contribution in [3.05, 3.63) is 0 Å². The SMILES string of the molecule is CNCC1CN(C)CC(=O)N1. The van der Waals surface area contributed by atoms with Crippen LogP contribution in [0.1, 0.15) is 0 Å². The number of nitrogens with zero attached hydrogens (tertiary/aromatic N) is 1. The maximum absolute atomic E-state index is 11.0. The molecule has 64 valence electrons. The monoisotopic (exact) mass is 157 g/mol. The van der Waals surface area contributed by atoms with E-state index in [1.807, 2.05) is 19.0 Å². The van der Waals surface area contributed by atoms with Crippen LogP contribution in [0.2, 0.25) is 0 Å². The van der Waals surface area contributed by atoms with Gasteiger partial charge in [0.1, 0.15) is 0 Å². The van der Waals surface area contributed by atoms with Gasteiger partial charge in [0, 0.05) is 13.1 Å². The highest BCUT2D eigenvalue weighted by Gasteiger charge is 2.20. The van der Waals surface area contributed by atoms with Crippen molar-refractivity contribution in [2.75, 3.05) is 33.7 Å². The molecule has 0 aromatic carbocycles. The molecule has 1 fully saturated rings. The van der Waals surface area contributed by atoms with Crippen molar-refractivity contribution in [3.63, 3.8) is 0 Å². The molecule has 1 aliphatic heterocycles. The lowest BCUT2D eigenvalue weighted by molar-refractivity contribution is -0.124. The van der Waals surface area contributed by atoms with E-state index in [4.69, 9.17) is 0 Å². The summed E-state index contributed by atoms with van der Waals surface area (Å²) >= 11 is 0. The fraction of sp³-hybridized carbons (Fsp3) is 0.857. The molecule has 0 aromatic rings. The zero-order valence-electron chi connectivity index (χ0n) is 7.05. The second-order valence-corrected chi connectivity index (χ2v) is 3.02. The summed E-state index contributed by atoms with van der Waals surface area (Å²) in [5.41, 5.74) is 0. The molecule has 0 saturated carbocycles. The van der Waals surface area contributed by atoms with Crippen LogP contribution in [0.5, 0.6) is 0 Å². The van der Waals surface area contributed by atoms with Crippen molar-refractivity contribution >= 4 is 5.91 Å². The average Bonchev–Trinajstić information content (AvgIpc) is 1.85. The normalized spacial score (nSPS) is 26.7. The lowest BCUT2D eigenvalue weighted by atomic mass is 10.2. The maximum Gasteiger partial charge on any atom is 0.234 e. The minimum Gasteiger partial charge on any atom is -0.350 e. The number of carbonyl (C=O) groups excluding carboxylic acids is 1. The maximum atomic E-state index is 11.0. The predicted molar refractivity (Wildman–Crippen MR) is 43.4 cm³/mol. The van der Waals surface area contributed by atoms with Crippen LogP contribution < -0.4 is 10.6 Å². The minimum atomic E-state index is 0.124. The Labute approximate surface area is 66.9 Å². The summed E-state index contributed by atoms with van der Waals surface area (Å²) in [7, 11) is 3.85. The van der Waals surface area contributed by atoms with Gasteiger partial charge >= 0.3 is 0 Å². The minimum absolute atomic E-state index is 0.124. The summed E-state index contributed by atoms with van der Waals surface area (Å²) in [6.07, 6.45) is 0. The van der Waals surface area contributed by atoms with Gasteiger partial charge in [0.05, 0.1) is 12.6 Å². The first kappa shape index (κ1) is 8.49. The number of carbonyl (C=O) groups is 1. The summed E-state index contributed by atoms with van der Waals surface area (Å²) in [5, 5.41) is 5.94. The quantitative estimate of drug-likeness (QED) is 0.520. The van der Waals surface area contributed by atoms with Crippen molar-refractivity contribution in [1.82, 2.24) is 15.5 Å².